The first-order valence-corrected chi connectivity index (χ1v) is 26.7. The first kappa shape index (κ1) is 53.7. The molecule has 2 unspecified atom stereocenters. The van der Waals surface area contributed by atoms with Gasteiger partial charge in [0.15, 0.2) is 6.10 Å². The Bertz CT molecular complexity index is 1520. The number of esters is 3. The van der Waals surface area contributed by atoms with Gasteiger partial charge in [-0.3, -0.25) is 14.4 Å². The summed E-state index contributed by atoms with van der Waals surface area (Å²) < 4.78 is 23.3. The summed E-state index contributed by atoms with van der Waals surface area (Å²) in [6, 6.07) is 4.04. The molecule has 0 aliphatic heterocycles. The Morgan fingerprint density at radius 2 is 1.00 bits per heavy atom. The van der Waals surface area contributed by atoms with Gasteiger partial charge in [-0.1, -0.05) is 84.3 Å². The highest BCUT2D eigenvalue weighted by Gasteiger charge is 2.28. The predicted octanol–water partition coefficient (Wildman–Crippen LogP) is 13.4. The molecule has 2 atom stereocenters. The highest BCUT2D eigenvalue weighted by atomic mass is 127. The van der Waals surface area contributed by atoms with Gasteiger partial charge in [0.05, 0.1) is 23.2 Å². The molecule has 0 saturated carbocycles. The van der Waals surface area contributed by atoms with Crippen molar-refractivity contribution >= 4 is 165 Å². The molecule has 8 nitrogen and oxygen atoms in total. The van der Waals surface area contributed by atoms with Crippen LogP contribution in [0.2, 0.25) is 0 Å². The summed E-state index contributed by atoms with van der Waals surface area (Å²) in [5.74, 6) is -2.01. The first-order valence-electron chi connectivity index (χ1n) is 20.3. The highest BCUT2D eigenvalue weighted by molar-refractivity contribution is 14.1. The molecule has 14 heteroatoms. The third-order valence-electron chi connectivity index (χ3n) is 9.92. The molecule has 320 valence electrons. The maximum absolute atomic E-state index is 13.5. The number of hydrogen-bond acceptors (Lipinski definition) is 8. The minimum atomic E-state index is -0.924. The van der Waals surface area contributed by atoms with Crippen molar-refractivity contribution in [1.82, 2.24) is 0 Å². The average molecular weight is 1460 g/mol. The molecule has 0 fully saturated rings. The Hall–Kier alpha value is 0.570. The number of rotatable bonds is 28. The lowest BCUT2D eigenvalue weighted by Crippen LogP contribution is -2.33. The number of benzene rings is 2. The van der Waals surface area contributed by atoms with Crippen LogP contribution in [0.4, 0.5) is 11.4 Å². The van der Waals surface area contributed by atoms with Gasteiger partial charge in [-0.15, -0.1) is 0 Å². The second-order valence-corrected chi connectivity index (χ2v) is 21.2. The van der Waals surface area contributed by atoms with E-state index in [0.717, 1.165) is 64.7 Å². The normalized spacial score (nSPS) is 13.1. The van der Waals surface area contributed by atoms with Crippen LogP contribution in [0, 0.1) is 33.3 Å². The van der Waals surface area contributed by atoms with Crippen molar-refractivity contribution in [2.24, 2.45) is 11.8 Å². The van der Waals surface area contributed by atoms with Gasteiger partial charge in [0.2, 0.25) is 0 Å². The number of carbonyl (C=O) groups excluding carboxylic acids is 3. The standard InChI is InChI=1S/C43H60I6N2O6/c1-4-7-8-9-10-11-12-13-14-15-16-17-18-19-20-21-37(52)57-30(26-55-42(53)28(5-2)22-31-33(44)24-35(46)40(50)38(31)48)27-56-43(54)29(6-3)23-32-34(45)25-36(47)41(51)39(32)49/h13-14,24-25,28-30H,4-12,15-23,26-27,50-51H2,1-3H3/b14-13+. The Morgan fingerprint density at radius 1 is 0.596 bits per heavy atom. The number of ether oxygens (including phenoxy) is 3. The number of unbranched alkanes of at least 4 members (excludes halogenated alkanes) is 11. The maximum Gasteiger partial charge on any atom is 0.309 e. The molecule has 2 aromatic rings. The van der Waals surface area contributed by atoms with Crippen molar-refractivity contribution in [3.63, 3.8) is 0 Å². The van der Waals surface area contributed by atoms with Crippen LogP contribution in [0.15, 0.2) is 24.3 Å². The van der Waals surface area contributed by atoms with Gasteiger partial charge < -0.3 is 25.7 Å². The fourth-order valence-electron chi connectivity index (χ4n) is 6.24. The van der Waals surface area contributed by atoms with Crippen molar-refractivity contribution in [2.75, 3.05) is 24.7 Å². The topological polar surface area (TPSA) is 131 Å². The Morgan fingerprint density at radius 3 is 1.42 bits per heavy atom. The minimum Gasteiger partial charge on any atom is -0.461 e. The lowest BCUT2D eigenvalue weighted by Gasteiger charge is -2.22. The quantitative estimate of drug-likeness (QED) is 0.0215. The molecule has 0 aliphatic rings. The average Bonchev–Trinajstić information content (AvgIpc) is 3.18. The lowest BCUT2D eigenvalue weighted by atomic mass is 9.96. The summed E-state index contributed by atoms with van der Waals surface area (Å²) in [7, 11) is 0. The van der Waals surface area contributed by atoms with E-state index >= 15 is 0 Å². The summed E-state index contributed by atoms with van der Waals surface area (Å²) in [5.41, 5.74) is 16.1. The van der Waals surface area contributed by atoms with E-state index in [9.17, 15) is 14.4 Å². The largest absolute Gasteiger partial charge is 0.461 e. The van der Waals surface area contributed by atoms with Gasteiger partial charge in [0.1, 0.15) is 13.2 Å². The van der Waals surface area contributed by atoms with E-state index < -0.39 is 29.9 Å². The van der Waals surface area contributed by atoms with Crippen LogP contribution in [0.25, 0.3) is 0 Å². The second-order valence-electron chi connectivity index (χ2n) is 14.4. The van der Waals surface area contributed by atoms with E-state index in [1.165, 1.54) is 44.9 Å². The van der Waals surface area contributed by atoms with Gasteiger partial charge in [0, 0.05) is 27.8 Å². The molecule has 0 aromatic heterocycles. The lowest BCUT2D eigenvalue weighted by molar-refractivity contribution is -0.169. The smallest absolute Gasteiger partial charge is 0.309 e. The van der Waals surface area contributed by atoms with Crippen molar-refractivity contribution in [3.8, 4) is 0 Å². The summed E-state index contributed by atoms with van der Waals surface area (Å²) in [5, 5.41) is 0. The molecule has 2 aromatic carbocycles. The molecular weight excluding hydrogens is 1400 g/mol. The van der Waals surface area contributed by atoms with E-state index in [4.69, 9.17) is 25.7 Å². The molecule has 57 heavy (non-hydrogen) atoms. The minimum absolute atomic E-state index is 0.204. The molecule has 0 heterocycles. The number of nitrogen functional groups attached to an aromatic ring is 2. The van der Waals surface area contributed by atoms with Crippen LogP contribution in [-0.2, 0) is 41.4 Å². The molecule has 4 N–H and O–H groups in total. The van der Waals surface area contributed by atoms with Gasteiger partial charge >= 0.3 is 17.9 Å². The molecule has 0 spiro atoms. The van der Waals surface area contributed by atoms with Crippen LogP contribution in [-0.4, -0.2) is 37.2 Å². The third kappa shape index (κ3) is 20.1. The van der Waals surface area contributed by atoms with Crippen LogP contribution in [0.5, 0.6) is 0 Å². The van der Waals surface area contributed by atoms with Gasteiger partial charge in [0.25, 0.3) is 0 Å². The molecule has 2 rings (SSSR count). The second kappa shape index (κ2) is 30.6. The van der Waals surface area contributed by atoms with Crippen LogP contribution < -0.4 is 11.5 Å². The monoisotopic (exact) mass is 1460 g/mol. The zero-order valence-corrected chi connectivity index (χ0v) is 46.5. The number of halogens is 6. The number of anilines is 2. The van der Waals surface area contributed by atoms with E-state index in [0.29, 0.717) is 43.5 Å². The summed E-state index contributed by atoms with van der Waals surface area (Å²) in [6.45, 7) is 5.74. The van der Waals surface area contributed by atoms with Crippen molar-refractivity contribution in [1.29, 1.82) is 0 Å². The van der Waals surface area contributed by atoms with Crippen molar-refractivity contribution in [3.05, 3.63) is 56.8 Å². The van der Waals surface area contributed by atoms with E-state index in [1.807, 2.05) is 26.0 Å². The SMILES string of the molecule is CCCCCCCC/C=C/CCCCCCCC(=O)OC(COC(=O)C(CC)Cc1c(I)cc(I)c(N)c1I)COC(=O)C(CC)Cc1c(I)cc(I)c(N)c1I. The maximum atomic E-state index is 13.5. The van der Waals surface area contributed by atoms with Gasteiger partial charge in [-0.25, -0.2) is 0 Å². The van der Waals surface area contributed by atoms with E-state index in [-0.39, 0.29) is 25.6 Å². The molecule has 0 amide bonds. The zero-order chi connectivity index (χ0) is 42.3. The predicted molar refractivity (Wildman–Crippen MR) is 284 cm³/mol. The first-order chi connectivity index (χ1) is 27.2. The Balaban J connectivity index is 1.97. The third-order valence-corrected chi connectivity index (χ3v) is 16.1. The van der Waals surface area contributed by atoms with Crippen LogP contribution in [0.3, 0.4) is 0 Å². The zero-order valence-electron chi connectivity index (χ0n) is 33.6. The number of nitrogens with two attached hydrogens (primary N) is 2. The Labute approximate surface area is 423 Å². The number of hydrogen-bond donors (Lipinski definition) is 2. The van der Waals surface area contributed by atoms with Crippen LogP contribution >= 0.6 is 136 Å². The van der Waals surface area contributed by atoms with Crippen molar-refractivity contribution in [2.45, 2.75) is 142 Å². The van der Waals surface area contributed by atoms with E-state index in [2.05, 4.69) is 155 Å². The van der Waals surface area contributed by atoms with Crippen molar-refractivity contribution < 1.29 is 28.6 Å². The summed E-state index contributed by atoms with van der Waals surface area (Å²) in [4.78, 5) is 40.0. The molecular formula is C43H60I6N2O6. The highest BCUT2D eigenvalue weighted by Crippen LogP contribution is 2.33. The molecule has 0 saturated heterocycles. The molecule has 0 aliphatic carbocycles. The van der Waals surface area contributed by atoms with Crippen LogP contribution in [0.1, 0.15) is 135 Å². The number of allylic oxidation sites excluding steroid dienone is 2. The molecule has 0 radical (unpaired) electrons. The Kier molecular flexibility index (Phi) is 28.8. The number of carbonyl (C=O) groups is 3. The summed E-state index contributed by atoms with van der Waals surface area (Å²) >= 11 is 13.5. The fraction of sp³-hybridized carbons (Fsp3) is 0.605. The van der Waals surface area contributed by atoms with Gasteiger partial charge in [-0.05, 0) is 217 Å². The molecule has 0 bridgehead atoms. The van der Waals surface area contributed by atoms with Gasteiger partial charge in [-0.2, -0.15) is 0 Å². The fourth-order valence-corrected chi connectivity index (χ4v) is 13.9. The summed E-state index contributed by atoms with van der Waals surface area (Å²) in [6.07, 6.45) is 21.3. The van der Waals surface area contributed by atoms with E-state index in [1.54, 1.807) is 0 Å².